The Hall–Kier alpha value is -3.37. The molecule has 2 aromatic carbocycles. The van der Waals surface area contributed by atoms with E-state index in [1.807, 2.05) is 18.7 Å². The van der Waals surface area contributed by atoms with Crippen molar-refractivity contribution >= 4 is 42.0 Å². The Bertz CT molecular complexity index is 1010. The molecule has 2 aromatic rings. The molecule has 2 amide bonds. The number of anilines is 2. The number of carbonyl (C=O) groups is 2. The van der Waals surface area contributed by atoms with E-state index in [-0.39, 0.29) is 19.0 Å². The number of cyclic esters (lactones) is 1. The van der Waals surface area contributed by atoms with Gasteiger partial charge in [-0.3, -0.25) is 9.69 Å². The van der Waals surface area contributed by atoms with E-state index in [1.165, 1.54) is 17.0 Å². The third-order valence-electron chi connectivity index (χ3n) is 5.39. The van der Waals surface area contributed by atoms with E-state index >= 15 is 0 Å². The summed E-state index contributed by atoms with van der Waals surface area (Å²) >= 11 is 0. The lowest BCUT2D eigenvalue weighted by atomic mass is 9.80. The summed E-state index contributed by atoms with van der Waals surface area (Å²) in [6.45, 7) is 5.54. The Morgan fingerprint density at radius 1 is 1.24 bits per heavy atom. The van der Waals surface area contributed by atoms with Crippen LogP contribution in [0.2, 0.25) is 0 Å². The molecule has 0 spiro atoms. The van der Waals surface area contributed by atoms with Crippen LogP contribution in [-0.2, 0) is 9.53 Å². The van der Waals surface area contributed by atoms with Gasteiger partial charge in [-0.25, -0.2) is 9.18 Å². The zero-order valence-electron chi connectivity index (χ0n) is 18.6. The summed E-state index contributed by atoms with van der Waals surface area (Å²) in [7, 11) is -1.54. The third-order valence-corrected chi connectivity index (χ3v) is 5.39. The summed E-state index contributed by atoms with van der Waals surface area (Å²) in [5.74, 6) is -0.780. The van der Waals surface area contributed by atoms with Crippen LogP contribution in [0.1, 0.15) is 19.4 Å². The molecule has 174 valence electrons. The second kappa shape index (κ2) is 11.0. The van der Waals surface area contributed by atoms with Crippen molar-refractivity contribution in [2.24, 2.45) is 0 Å². The van der Waals surface area contributed by atoms with Crippen LogP contribution in [0.5, 0.6) is 0 Å². The van der Waals surface area contributed by atoms with Gasteiger partial charge in [0.2, 0.25) is 5.91 Å². The van der Waals surface area contributed by atoms with Gasteiger partial charge in [0.15, 0.2) is 0 Å². The van der Waals surface area contributed by atoms with Crippen molar-refractivity contribution in [2.75, 3.05) is 36.0 Å². The van der Waals surface area contributed by atoms with Crippen molar-refractivity contribution in [3.8, 4) is 0 Å². The van der Waals surface area contributed by atoms with E-state index < -0.39 is 25.1 Å². The van der Waals surface area contributed by atoms with Gasteiger partial charge in [-0.1, -0.05) is 24.3 Å². The quantitative estimate of drug-likeness (QED) is 0.392. The first kappa shape index (κ1) is 24.3. The molecule has 0 radical (unpaired) electrons. The van der Waals surface area contributed by atoms with E-state index in [0.29, 0.717) is 35.5 Å². The number of hydrogen-bond acceptors (Lipinski definition) is 6. The smallest absolute Gasteiger partial charge is 0.442 e. The molecule has 3 rings (SSSR count). The fraction of sp³-hybridized carbons (Fsp3) is 0.304. The first-order chi connectivity index (χ1) is 15.8. The zero-order valence-corrected chi connectivity index (χ0v) is 18.6. The van der Waals surface area contributed by atoms with Crippen molar-refractivity contribution in [1.82, 2.24) is 5.32 Å². The van der Waals surface area contributed by atoms with Gasteiger partial charge in [0.25, 0.3) is 0 Å². The largest absolute Gasteiger partial charge is 0.488 e. The molecule has 1 saturated heterocycles. The van der Waals surface area contributed by atoms with E-state index in [2.05, 4.69) is 5.32 Å². The molecular formula is C23H27BFN3O5. The van der Waals surface area contributed by atoms with Gasteiger partial charge in [-0.15, -0.1) is 0 Å². The Kier molecular flexibility index (Phi) is 8.08. The van der Waals surface area contributed by atoms with Crippen LogP contribution in [0.3, 0.4) is 0 Å². The van der Waals surface area contributed by atoms with Gasteiger partial charge in [-0.2, -0.15) is 0 Å². The first-order valence-corrected chi connectivity index (χ1v) is 10.8. The molecule has 0 aromatic heterocycles. The molecule has 1 atom stereocenters. The molecule has 0 aliphatic carbocycles. The molecule has 1 aliphatic rings. The van der Waals surface area contributed by atoms with Gasteiger partial charge in [-0.05, 0) is 49.1 Å². The number of ether oxygens (including phenoxy) is 1. The van der Waals surface area contributed by atoms with Crippen LogP contribution in [0.4, 0.5) is 20.6 Å². The van der Waals surface area contributed by atoms with Gasteiger partial charge in [0, 0.05) is 19.2 Å². The van der Waals surface area contributed by atoms with Crippen LogP contribution in [-0.4, -0.2) is 61.4 Å². The number of halogens is 1. The second-order valence-corrected chi connectivity index (χ2v) is 7.54. The monoisotopic (exact) mass is 455 g/mol. The van der Waals surface area contributed by atoms with E-state index in [9.17, 15) is 14.0 Å². The Morgan fingerprint density at radius 3 is 2.55 bits per heavy atom. The van der Waals surface area contributed by atoms with Gasteiger partial charge < -0.3 is 25.0 Å². The molecule has 1 fully saturated rings. The standard InChI is InChI=1S/C23H27BFN3O5/c1-3-27(4-2)21-11-10-18(13-20(21)25)28-15-19(33-23(28)30)14-26-22(29)12-7-16-5-8-17(9-6-16)24(31)32/h5-13,19,31-32H,3-4,14-15H2,1-2H3,(H,26,29)/t19-/m0/s1. The van der Waals surface area contributed by atoms with Crippen LogP contribution in [0.15, 0.2) is 48.5 Å². The SMILES string of the molecule is CCN(CC)c1ccc(N2C[C@H](CNC(=O)C=Cc3ccc(B(O)O)cc3)OC2=O)cc1F. The molecule has 10 heteroatoms. The maximum absolute atomic E-state index is 14.6. The van der Waals surface area contributed by atoms with Crippen molar-refractivity contribution in [2.45, 2.75) is 20.0 Å². The minimum atomic E-state index is -1.54. The molecule has 1 aliphatic heterocycles. The maximum atomic E-state index is 14.6. The van der Waals surface area contributed by atoms with Gasteiger partial charge in [0.1, 0.15) is 11.9 Å². The molecule has 3 N–H and O–H groups in total. The highest BCUT2D eigenvalue weighted by Gasteiger charge is 2.33. The second-order valence-electron chi connectivity index (χ2n) is 7.54. The minimum Gasteiger partial charge on any atom is -0.442 e. The molecular weight excluding hydrogens is 428 g/mol. The van der Waals surface area contributed by atoms with E-state index in [0.717, 1.165) is 0 Å². The molecule has 8 nitrogen and oxygen atoms in total. The third kappa shape index (κ3) is 6.12. The molecule has 0 bridgehead atoms. The van der Waals surface area contributed by atoms with Crippen LogP contribution in [0, 0.1) is 5.82 Å². The predicted octanol–water partition coefficient (Wildman–Crippen LogP) is 1.51. The van der Waals surface area contributed by atoms with E-state index in [1.54, 1.807) is 42.5 Å². The highest BCUT2D eigenvalue weighted by Crippen LogP contribution is 2.27. The lowest BCUT2D eigenvalue weighted by Gasteiger charge is -2.23. The minimum absolute atomic E-state index is 0.112. The van der Waals surface area contributed by atoms with E-state index in [4.69, 9.17) is 14.8 Å². The first-order valence-electron chi connectivity index (χ1n) is 10.8. The summed E-state index contributed by atoms with van der Waals surface area (Å²) in [5.41, 5.74) is 1.95. The van der Waals surface area contributed by atoms with Crippen LogP contribution >= 0.6 is 0 Å². The molecule has 0 unspecified atom stereocenters. The Labute approximate surface area is 192 Å². The number of nitrogens with zero attached hydrogens (tertiary/aromatic N) is 2. The Balaban J connectivity index is 1.54. The molecule has 33 heavy (non-hydrogen) atoms. The van der Waals surface area contributed by atoms with Crippen molar-refractivity contribution < 1.29 is 28.8 Å². The lowest BCUT2D eigenvalue weighted by molar-refractivity contribution is -0.116. The summed E-state index contributed by atoms with van der Waals surface area (Å²) < 4.78 is 19.9. The summed E-state index contributed by atoms with van der Waals surface area (Å²) in [4.78, 5) is 27.6. The average Bonchev–Trinajstić information content (AvgIpc) is 3.18. The summed E-state index contributed by atoms with van der Waals surface area (Å²) in [5, 5.41) is 20.9. The fourth-order valence-electron chi connectivity index (χ4n) is 3.55. The van der Waals surface area contributed by atoms with Crippen molar-refractivity contribution in [3.63, 3.8) is 0 Å². The number of nitrogens with one attached hydrogen (secondary N) is 1. The summed E-state index contributed by atoms with van der Waals surface area (Å²) in [6, 6.07) is 11.1. The van der Waals surface area contributed by atoms with Crippen molar-refractivity contribution in [1.29, 1.82) is 0 Å². The topological polar surface area (TPSA) is 102 Å². The Morgan fingerprint density at radius 2 is 1.94 bits per heavy atom. The lowest BCUT2D eigenvalue weighted by Crippen LogP contribution is -2.33. The van der Waals surface area contributed by atoms with Crippen LogP contribution < -0.4 is 20.6 Å². The van der Waals surface area contributed by atoms with Crippen molar-refractivity contribution in [3.05, 3.63) is 59.9 Å². The predicted molar refractivity (Wildman–Crippen MR) is 126 cm³/mol. The number of amides is 2. The molecule has 0 saturated carbocycles. The number of carbonyl (C=O) groups excluding carboxylic acids is 2. The number of rotatable bonds is 9. The number of benzene rings is 2. The maximum Gasteiger partial charge on any atom is 0.488 e. The molecule has 1 heterocycles. The normalized spacial score (nSPS) is 15.6. The van der Waals surface area contributed by atoms with Gasteiger partial charge in [0.05, 0.1) is 24.5 Å². The summed E-state index contributed by atoms with van der Waals surface area (Å²) in [6.07, 6.45) is 1.76. The van der Waals surface area contributed by atoms with Gasteiger partial charge >= 0.3 is 13.2 Å². The zero-order chi connectivity index (χ0) is 24.0. The fourth-order valence-corrected chi connectivity index (χ4v) is 3.55. The highest BCUT2D eigenvalue weighted by atomic mass is 19.1. The number of hydrogen-bond donors (Lipinski definition) is 3. The van der Waals surface area contributed by atoms with Crippen LogP contribution in [0.25, 0.3) is 6.08 Å². The highest BCUT2D eigenvalue weighted by molar-refractivity contribution is 6.58. The average molecular weight is 455 g/mol.